The first kappa shape index (κ1) is 14.3. The zero-order chi connectivity index (χ0) is 15.4. The summed E-state index contributed by atoms with van der Waals surface area (Å²) in [6.07, 6.45) is 1.59. The molecule has 2 aromatic carbocycles. The van der Waals surface area contributed by atoms with Gasteiger partial charge < -0.3 is 5.32 Å². The number of anilines is 1. The predicted octanol–water partition coefficient (Wildman–Crippen LogP) is 4.65. The second kappa shape index (κ2) is 6.41. The van der Waals surface area contributed by atoms with Crippen molar-refractivity contribution in [3.05, 3.63) is 83.6 Å². The molecular weight excluding hydrogens is 296 g/mol. The molecule has 108 valence electrons. The van der Waals surface area contributed by atoms with Gasteiger partial charge in [0, 0.05) is 11.8 Å². The average Bonchev–Trinajstić information content (AvgIpc) is 2.56. The zero-order valence-electron chi connectivity index (χ0n) is 11.7. The number of hydrogen-bond donors (Lipinski definition) is 1. The Hall–Kier alpha value is -2.65. The van der Waals surface area contributed by atoms with Gasteiger partial charge >= 0.3 is 0 Å². The average molecular weight is 309 g/mol. The van der Waals surface area contributed by atoms with Gasteiger partial charge in [-0.3, -0.25) is 9.78 Å². The number of rotatable bonds is 3. The Morgan fingerprint density at radius 2 is 1.68 bits per heavy atom. The minimum Gasteiger partial charge on any atom is -0.320 e. The molecule has 22 heavy (non-hydrogen) atoms. The Kier molecular flexibility index (Phi) is 4.17. The third-order valence-corrected chi connectivity index (χ3v) is 3.54. The molecule has 4 heteroatoms. The standard InChI is InChI=1S/C18H13ClN2O/c19-14-9-6-11-15(17(14)13-7-2-1-3-8-13)21-18(22)16-10-4-5-12-20-16/h1-12H,(H,21,22). The van der Waals surface area contributed by atoms with E-state index in [1.165, 1.54) is 0 Å². The molecule has 0 saturated carbocycles. The summed E-state index contributed by atoms with van der Waals surface area (Å²) in [5.41, 5.74) is 2.77. The van der Waals surface area contributed by atoms with Crippen LogP contribution >= 0.6 is 11.6 Å². The Bertz CT molecular complexity index is 789. The second-order valence-corrected chi connectivity index (χ2v) is 5.10. The fourth-order valence-corrected chi connectivity index (χ4v) is 2.49. The summed E-state index contributed by atoms with van der Waals surface area (Å²) >= 11 is 6.33. The van der Waals surface area contributed by atoms with Crippen molar-refractivity contribution in [2.75, 3.05) is 5.32 Å². The minimum atomic E-state index is -0.264. The molecule has 0 unspecified atom stereocenters. The molecule has 1 N–H and O–H groups in total. The third kappa shape index (κ3) is 3.00. The van der Waals surface area contributed by atoms with Crippen LogP contribution in [0.15, 0.2) is 72.9 Å². The van der Waals surface area contributed by atoms with Crippen molar-refractivity contribution in [3.8, 4) is 11.1 Å². The number of pyridine rings is 1. The molecule has 0 fully saturated rings. The van der Waals surface area contributed by atoms with Crippen molar-refractivity contribution in [3.63, 3.8) is 0 Å². The topological polar surface area (TPSA) is 42.0 Å². The SMILES string of the molecule is O=C(Nc1cccc(Cl)c1-c1ccccc1)c1ccccn1. The lowest BCUT2D eigenvalue weighted by atomic mass is 10.0. The second-order valence-electron chi connectivity index (χ2n) is 4.70. The van der Waals surface area contributed by atoms with Crippen LogP contribution in [0.5, 0.6) is 0 Å². The highest BCUT2D eigenvalue weighted by Crippen LogP contribution is 2.34. The molecule has 0 atom stereocenters. The van der Waals surface area contributed by atoms with Gasteiger partial charge in [0.05, 0.1) is 10.7 Å². The van der Waals surface area contributed by atoms with Crippen LogP contribution in [0.25, 0.3) is 11.1 Å². The van der Waals surface area contributed by atoms with Crippen molar-refractivity contribution in [1.82, 2.24) is 4.98 Å². The molecule has 0 aliphatic carbocycles. The van der Waals surface area contributed by atoms with Crippen LogP contribution in [0.2, 0.25) is 5.02 Å². The van der Waals surface area contributed by atoms with E-state index in [4.69, 9.17) is 11.6 Å². The molecule has 3 nitrogen and oxygen atoms in total. The maximum Gasteiger partial charge on any atom is 0.274 e. The third-order valence-electron chi connectivity index (χ3n) is 3.22. The fourth-order valence-electron chi connectivity index (χ4n) is 2.21. The molecule has 0 aliphatic rings. The maximum atomic E-state index is 12.3. The molecule has 1 heterocycles. The number of nitrogens with zero attached hydrogens (tertiary/aromatic N) is 1. The Morgan fingerprint density at radius 3 is 2.41 bits per heavy atom. The Balaban J connectivity index is 1.98. The molecule has 1 amide bonds. The van der Waals surface area contributed by atoms with Gasteiger partial charge in [0.2, 0.25) is 0 Å². The Labute approximate surface area is 133 Å². The summed E-state index contributed by atoms with van der Waals surface area (Å²) in [7, 11) is 0. The number of carbonyl (C=O) groups excluding carboxylic acids is 1. The molecule has 0 bridgehead atoms. The van der Waals surface area contributed by atoms with E-state index in [-0.39, 0.29) is 5.91 Å². The summed E-state index contributed by atoms with van der Waals surface area (Å²) < 4.78 is 0. The van der Waals surface area contributed by atoms with Crippen LogP contribution in [-0.2, 0) is 0 Å². The quantitative estimate of drug-likeness (QED) is 0.765. The van der Waals surface area contributed by atoms with E-state index in [1.807, 2.05) is 42.5 Å². The molecule has 3 aromatic rings. The van der Waals surface area contributed by atoms with Gasteiger partial charge in [0.1, 0.15) is 5.69 Å². The van der Waals surface area contributed by atoms with Gasteiger partial charge in [-0.1, -0.05) is 54.1 Å². The van der Waals surface area contributed by atoms with Crippen molar-refractivity contribution in [2.24, 2.45) is 0 Å². The summed E-state index contributed by atoms with van der Waals surface area (Å²) in [5.74, 6) is -0.264. The highest BCUT2D eigenvalue weighted by molar-refractivity contribution is 6.34. The maximum absolute atomic E-state index is 12.3. The number of nitrogens with one attached hydrogen (secondary N) is 1. The number of amides is 1. The van der Waals surface area contributed by atoms with E-state index in [0.717, 1.165) is 11.1 Å². The molecule has 3 rings (SSSR count). The predicted molar refractivity (Wildman–Crippen MR) is 89.1 cm³/mol. The normalized spacial score (nSPS) is 10.2. The van der Waals surface area contributed by atoms with Crippen LogP contribution in [0.1, 0.15) is 10.5 Å². The van der Waals surface area contributed by atoms with E-state index in [1.54, 1.807) is 30.5 Å². The molecule has 0 saturated heterocycles. The van der Waals surface area contributed by atoms with Gasteiger partial charge in [-0.05, 0) is 29.8 Å². The monoisotopic (exact) mass is 308 g/mol. The highest BCUT2D eigenvalue weighted by atomic mass is 35.5. The summed E-state index contributed by atoms with van der Waals surface area (Å²) in [6.45, 7) is 0. The van der Waals surface area contributed by atoms with E-state index < -0.39 is 0 Å². The smallest absolute Gasteiger partial charge is 0.274 e. The largest absolute Gasteiger partial charge is 0.320 e. The van der Waals surface area contributed by atoms with E-state index in [9.17, 15) is 4.79 Å². The van der Waals surface area contributed by atoms with Gasteiger partial charge in [-0.15, -0.1) is 0 Å². The lowest BCUT2D eigenvalue weighted by Crippen LogP contribution is -2.14. The van der Waals surface area contributed by atoms with E-state index >= 15 is 0 Å². The van der Waals surface area contributed by atoms with Crippen molar-refractivity contribution in [1.29, 1.82) is 0 Å². The number of benzene rings is 2. The van der Waals surface area contributed by atoms with Crippen LogP contribution in [0.4, 0.5) is 5.69 Å². The first-order chi connectivity index (χ1) is 10.8. The van der Waals surface area contributed by atoms with Gasteiger partial charge in [-0.2, -0.15) is 0 Å². The first-order valence-electron chi connectivity index (χ1n) is 6.82. The first-order valence-corrected chi connectivity index (χ1v) is 7.20. The number of carbonyl (C=O) groups is 1. The van der Waals surface area contributed by atoms with Crippen molar-refractivity contribution >= 4 is 23.2 Å². The zero-order valence-corrected chi connectivity index (χ0v) is 12.4. The number of aromatic nitrogens is 1. The molecule has 0 aliphatic heterocycles. The van der Waals surface area contributed by atoms with Crippen LogP contribution < -0.4 is 5.32 Å². The summed E-state index contributed by atoms with van der Waals surface area (Å²) in [5, 5.41) is 3.47. The van der Waals surface area contributed by atoms with Gasteiger partial charge in [0.15, 0.2) is 0 Å². The lowest BCUT2D eigenvalue weighted by Gasteiger charge is -2.12. The van der Waals surface area contributed by atoms with Crippen LogP contribution in [0.3, 0.4) is 0 Å². The molecule has 1 aromatic heterocycles. The summed E-state index contributed by atoms with van der Waals surface area (Å²) in [4.78, 5) is 16.3. The Morgan fingerprint density at radius 1 is 0.909 bits per heavy atom. The fraction of sp³-hybridized carbons (Fsp3) is 0. The van der Waals surface area contributed by atoms with Crippen molar-refractivity contribution in [2.45, 2.75) is 0 Å². The van der Waals surface area contributed by atoms with Gasteiger partial charge in [0.25, 0.3) is 5.91 Å². The van der Waals surface area contributed by atoms with E-state index in [2.05, 4.69) is 10.3 Å². The summed E-state index contributed by atoms with van der Waals surface area (Å²) in [6, 6.07) is 20.4. The van der Waals surface area contributed by atoms with Crippen LogP contribution in [-0.4, -0.2) is 10.9 Å². The lowest BCUT2D eigenvalue weighted by molar-refractivity contribution is 0.102. The molecular formula is C18H13ClN2O. The van der Waals surface area contributed by atoms with E-state index in [0.29, 0.717) is 16.4 Å². The van der Waals surface area contributed by atoms with Crippen molar-refractivity contribution < 1.29 is 4.79 Å². The highest BCUT2D eigenvalue weighted by Gasteiger charge is 2.13. The molecule has 0 radical (unpaired) electrons. The van der Waals surface area contributed by atoms with Crippen LogP contribution in [0, 0.1) is 0 Å². The number of halogens is 1. The van der Waals surface area contributed by atoms with Gasteiger partial charge in [-0.25, -0.2) is 0 Å². The molecule has 0 spiro atoms. The number of hydrogen-bond acceptors (Lipinski definition) is 2. The minimum absolute atomic E-state index is 0.264.